The quantitative estimate of drug-likeness (QED) is 0.526. The van der Waals surface area contributed by atoms with E-state index in [2.05, 4.69) is 16.6 Å². The first-order chi connectivity index (χ1) is 10.9. The lowest BCUT2D eigenvalue weighted by molar-refractivity contribution is -0.384. The van der Waals surface area contributed by atoms with E-state index in [1.54, 1.807) is 0 Å². The SMILES string of the molecule is O=[N+]([O-])c1ccc(S(=O)(=O)NCC#Cc2ccc(F)cc2)cc1. The molecule has 0 aromatic heterocycles. The molecule has 1 N–H and O–H groups in total. The molecule has 0 amide bonds. The van der Waals surface area contributed by atoms with Gasteiger partial charge in [0.15, 0.2) is 0 Å². The minimum atomic E-state index is -3.80. The molecule has 0 aliphatic carbocycles. The van der Waals surface area contributed by atoms with Gasteiger partial charge in [0, 0.05) is 17.7 Å². The minimum absolute atomic E-state index is 0.0910. The number of nitrogens with zero attached hydrogens (tertiary/aromatic N) is 1. The molecule has 0 unspecified atom stereocenters. The third-order valence-corrected chi connectivity index (χ3v) is 4.20. The Morgan fingerprint density at radius 2 is 1.70 bits per heavy atom. The molecule has 6 nitrogen and oxygen atoms in total. The third kappa shape index (κ3) is 4.60. The topological polar surface area (TPSA) is 89.3 Å². The number of halogens is 1. The van der Waals surface area contributed by atoms with Crippen LogP contribution in [-0.4, -0.2) is 19.9 Å². The molecule has 0 saturated carbocycles. The van der Waals surface area contributed by atoms with Crippen LogP contribution < -0.4 is 4.72 Å². The molecular formula is C15H11FN2O4S. The average Bonchev–Trinajstić information content (AvgIpc) is 2.53. The van der Waals surface area contributed by atoms with Crippen molar-refractivity contribution in [1.29, 1.82) is 0 Å². The van der Waals surface area contributed by atoms with Gasteiger partial charge < -0.3 is 0 Å². The summed E-state index contributed by atoms with van der Waals surface area (Å²) < 4.78 is 38.9. The zero-order valence-corrected chi connectivity index (χ0v) is 12.5. The molecule has 8 heteroatoms. The Morgan fingerprint density at radius 1 is 1.09 bits per heavy atom. The van der Waals surface area contributed by atoms with Gasteiger partial charge >= 0.3 is 0 Å². The van der Waals surface area contributed by atoms with Crippen LogP contribution in [0.3, 0.4) is 0 Å². The van der Waals surface area contributed by atoms with Gasteiger partial charge in [0.05, 0.1) is 16.4 Å². The Hall–Kier alpha value is -2.76. The Morgan fingerprint density at radius 3 is 2.26 bits per heavy atom. The Balaban J connectivity index is 2.02. The number of sulfonamides is 1. The van der Waals surface area contributed by atoms with Crippen molar-refractivity contribution in [2.24, 2.45) is 0 Å². The van der Waals surface area contributed by atoms with Crippen molar-refractivity contribution < 1.29 is 17.7 Å². The zero-order chi connectivity index (χ0) is 16.9. The van der Waals surface area contributed by atoms with E-state index in [-0.39, 0.29) is 22.9 Å². The van der Waals surface area contributed by atoms with Crippen LogP contribution in [-0.2, 0) is 10.0 Å². The summed E-state index contributed by atoms with van der Waals surface area (Å²) in [5.74, 6) is 4.91. The van der Waals surface area contributed by atoms with Gasteiger partial charge in [0.2, 0.25) is 10.0 Å². The van der Waals surface area contributed by atoms with Crippen LogP contribution in [0.2, 0.25) is 0 Å². The normalized spacial score (nSPS) is 10.7. The van der Waals surface area contributed by atoms with Gasteiger partial charge in [-0.3, -0.25) is 10.1 Å². The van der Waals surface area contributed by atoms with Crippen LogP contribution in [0.1, 0.15) is 5.56 Å². The number of non-ortho nitro benzene ring substituents is 1. The highest BCUT2D eigenvalue weighted by Gasteiger charge is 2.14. The Labute approximate surface area is 132 Å². The maximum atomic E-state index is 12.7. The predicted octanol–water partition coefficient (Wildman–Crippen LogP) is 2.06. The molecule has 0 spiro atoms. The highest BCUT2D eigenvalue weighted by atomic mass is 32.2. The number of nitrogens with one attached hydrogen (secondary N) is 1. The lowest BCUT2D eigenvalue weighted by Gasteiger charge is -2.03. The Kier molecular flexibility index (Phi) is 5.05. The molecule has 0 heterocycles. The van der Waals surface area contributed by atoms with E-state index in [0.29, 0.717) is 5.56 Å². The van der Waals surface area contributed by atoms with E-state index in [9.17, 15) is 22.9 Å². The van der Waals surface area contributed by atoms with Crippen molar-refractivity contribution in [3.8, 4) is 11.8 Å². The fourth-order valence-corrected chi connectivity index (χ4v) is 2.56. The smallest absolute Gasteiger partial charge is 0.258 e. The van der Waals surface area contributed by atoms with Crippen molar-refractivity contribution in [3.63, 3.8) is 0 Å². The van der Waals surface area contributed by atoms with E-state index >= 15 is 0 Å². The van der Waals surface area contributed by atoms with Gasteiger partial charge in [-0.25, -0.2) is 12.8 Å². The van der Waals surface area contributed by atoms with E-state index in [1.807, 2.05) is 0 Å². The summed E-state index contributed by atoms with van der Waals surface area (Å²) in [6.45, 7) is -0.142. The van der Waals surface area contributed by atoms with Crippen LogP contribution in [0.5, 0.6) is 0 Å². The fraction of sp³-hybridized carbons (Fsp3) is 0.0667. The van der Waals surface area contributed by atoms with E-state index in [4.69, 9.17) is 0 Å². The van der Waals surface area contributed by atoms with Crippen LogP contribution in [0.25, 0.3) is 0 Å². The number of hydrogen-bond acceptors (Lipinski definition) is 4. The maximum absolute atomic E-state index is 12.7. The van der Waals surface area contributed by atoms with Gasteiger partial charge in [-0.15, -0.1) is 0 Å². The highest BCUT2D eigenvalue weighted by Crippen LogP contribution is 2.15. The van der Waals surface area contributed by atoms with Crippen LogP contribution in [0.4, 0.5) is 10.1 Å². The van der Waals surface area contributed by atoms with Crippen molar-refractivity contribution in [2.45, 2.75) is 4.90 Å². The molecule has 0 aliphatic rings. The summed E-state index contributed by atoms with van der Waals surface area (Å²) in [5.41, 5.74) is 0.362. The third-order valence-electron chi connectivity index (χ3n) is 2.79. The van der Waals surface area contributed by atoms with E-state index < -0.39 is 14.9 Å². The van der Waals surface area contributed by atoms with Crippen molar-refractivity contribution in [1.82, 2.24) is 4.72 Å². The zero-order valence-electron chi connectivity index (χ0n) is 11.7. The second-order valence-electron chi connectivity index (χ2n) is 4.38. The number of nitro benzene ring substituents is 1. The van der Waals surface area contributed by atoms with Crippen molar-refractivity contribution >= 4 is 15.7 Å². The summed E-state index contributed by atoms with van der Waals surface area (Å²) in [6.07, 6.45) is 0. The molecule has 0 fully saturated rings. The lowest BCUT2D eigenvalue weighted by Crippen LogP contribution is -2.23. The molecule has 0 atom stereocenters. The second-order valence-corrected chi connectivity index (χ2v) is 6.15. The first kappa shape index (κ1) is 16.6. The first-order valence-corrected chi connectivity index (χ1v) is 7.85. The summed E-state index contributed by atoms with van der Waals surface area (Å²) in [4.78, 5) is 9.82. The van der Waals surface area contributed by atoms with Gasteiger partial charge in [0.1, 0.15) is 5.82 Å². The van der Waals surface area contributed by atoms with E-state index in [0.717, 1.165) is 24.3 Å². The largest absolute Gasteiger partial charge is 0.269 e. The van der Waals surface area contributed by atoms with E-state index in [1.165, 1.54) is 24.3 Å². The standard InChI is InChI=1S/C15H11FN2O4S/c16-13-5-3-12(4-6-13)2-1-11-17-23(21,22)15-9-7-14(8-10-15)18(19)20/h3-10,17H,11H2. The summed E-state index contributed by atoms with van der Waals surface area (Å²) >= 11 is 0. The molecule has 2 rings (SSSR count). The number of rotatable bonds is 4. The Bertz CT molecular complexity index is 866. The molecule has 0 aliphatic heterocycles. The van der Waals surface area contributed by atoms with Crippen LogP contribution >= 0.6 is 0 Å². The molecule has 2 aromatic rings. The average molecular weight is 334 g/mol. The monoisotopic (exact) mass is 334 g/mol. The molecule has 2 aromatic carbocycles. The fourth-order valence-electron chi connectivity index (χ4n) is 1.64. The summed E-state index contributed by atoms with van der Waals surface area (Å²) in [5, 5.41) is 10.5. The molecule has 23 heavy (non-hydrogen) atoms. The molecule has 0 radical (unpaired) electrons. The number of nitro groups is 1. The molecule has 118 valence electrons. The van der Waals surface area contributed by atoms with Gasteiger partial charge in [0.25, 0.3) is 5.69 Å². The van der Waals surface area contributed by atoms with Crippen molar-refractivity contribution in [3.05, 3.63) is 70.0 Å². The molecule has 0 bridgehead atoms. The number of benzene rings is 2. The summed E-state index contributed by atoms with van der Waals surface area (Å²) in [6, 6.07) is 9.98. The van der Waals surface area contributed by atoms with Crippen molar-refractivity contribution in [2.75, 3.05) is 6.54 Å². The summed E-state index contributed by atoms with van der Waals surface area (Å²) in [7, 11) is -3.80. The number of hydrogen-bond donors (Lipinski definition) is 1. The minimum Gasteiger partial charge on any atom is -0.258 e. The first-order valence-electron chi connectivity index (χ1n) is 6.37. The van der Waals surface area contributed by atoms with Gasteiger partial charge in [-0.2, -0.15) is 4.72 Å². The molecule has 0 saturated heterocycles. The maximum Gasteiger partial charge on any atom is 0.269 e. The highest BCUT2D eigenvalue weighted by molar-refractivity contribution is 7.89. The lowest BCUT2D eigenvalue weighted by atomic mass is 10.2. The van der Waals surface area contributed by atoms with Crippen LogP contribution in [0, 0.1) is 27.8 Å². The van der Waals surface area contributed by atoms with Gasteiger partial charge in [-0.05, 0) is 36.4 Å². The van der Waals surface area contributed by atoms with Gasteiger partial charge in [-0.1, -0.05) is 11.8 Å². The predicted molar refractivity (Wildman–Crippen MR) is 81.6 cm³/mol. The molecular weight excluding hydrogens is 323 g/mol. The second kappa shape index (κ2) is 7.00. The van der Waals surface area contributed by atoms with Crippen LogP contribution in [0.15, 0.2) is 53.4 Å².